The van der Waals surface area contributed by atoms with E-state index in [-0.39, 0.29) is 35.8 Å². The third-order valence-electron chi connectivity index (χ3n) is 7.06. The van der Waals surface area contributed by atoms with Crippen LogP contribution >= 0.6 is 11.8 Å². The number of aryl methyl sites for hydroxylation is 1. The van der Waals surface area contributed by atoms with Crippen LogP contribution in [-0.4, -0.2) is 38.7 Å². The van der Waals surface area contributed by atoms with E-state index in [4.69, 9.17) is 4.99 Å². The lowest BCUT2D eigenvalue weighted by molar-refractivity contribution is -0.129. The number of amides is 2. The smallest absolute Gasteiger partial charge is 0.243 e. The van der Waals surface area contributed by atoms with E-state index in [1.807, 2.05) is 12.1 Å². The SMILES string of the molecule is CC(=O)c1ccc(N=C2S[C@@H](CC(=O)Nc3ccc(C(C)=O)cc3)C(=O)N2[C@H]2CCCc3ccccc32)cc1. The maximum Gasteiger partial charge on any atom is 0.243 e. The summed E-state index contributed by atoms with van der Waals surface area (Å²) in [6.07, 6.45) is 2.73. The van der Waals surface area contributed by atoms with Crippen molar-refractivity contribution in [2.45, 2.75) is 50.8 Å². The number of amidine groups is 1. The number of rotatable bonds is 7. The van der Waals surface area contributed by atoms with Crippen LogP contribution in [0.15, 0.2) is 77.8 Å². The average Bonchev–Trinajstić information content (AvgIpc) is 3.22. The van der Waals surface area contributed by atoms with E-state index in [0.29, 0.717) is 27.7 Å². The molecule has 7 nitrogen and oxygen atoms in total. The molecule has 0 saturated carbocycles. The van der Waals surface area contributed by atoms with Gasteiger partial charge in [0.25, 0.3) is 0 Å². The summed E-state index contributed by atoms with van der Waals surface area (Å²) < 4.78 is 0. The first kappa shape index (κ1) is 26.6. The van der Waals surface area contributed by atoms with Crippen molar-refractivity contribution in [2.75, 3.05) is 5.32 Å². The van der Waals surface area contributed by atoms with Crippen LogP contribution in [0.3, 0.4) is 0 Å². The van der Waals surface area contributed by atoms with E-state index < -0.39 is 5.25 Å². The number of anilines is 1. The summed E-state index contributed by atoms with van der Waals surface area (Å²) >= 11 is 1.30. The monoisotopic (exact) mass is 539 g/mol. The average molecular weight is 540 g/mol. The lowest BCUT2D eigenvalue weighted by Gasteiger charge is -2.33. The number of nitrogens with zero attached hydrogens (tertiary/aromatic N) is 2. The van der Waals surface area contributed by atoms with Crippen molar-refractivity contribution in [1.29, 1.82) is 0 Å². The molecule has 1 aliphatic carbocycles. The Balaban J connectivity index is 1.41. The zero-order valence-corrected chi connectivity index (χ0v) is 22.7. The van der Waals surface area contributed by atoms with E-state index in [0.717, 1.165) is 24.8 Å². The van der Waals surface area contributed by atoms with Crippen LogP contribution < -0.4 is 5.32 Å². The van der Waals surface area contributed by atoms with Gasteiger partial charge in [0, 0.05) is 23.2 Å². The highest BCUT2D eigenvalue weighted by Crippen LogP contribution is 2.42. The van der Waals surface area contributed by atoms with Gasteiger partial charge in [0.2, 0.25) is 11.8 Å². The predicted octanol–water partition coefficient (Wildman–Crippen LogP) is 6.13. The molecule has 2 atom stereocenters. The molecule has 2 aliphatic rings. The number of aliphatic imine (C=N–C) groups is 1. The van der Waals surface area contributed by atoms with E-state index in [1.54, 1.807) is 53.4 Å². The second-order valence-corrected chi connectivity index (χ2v) is 11.0. The molecular weight excluding hydrogens is 510 g/mol. The fourth-order valence-corrected chi connectivity index (χ4v) is 6.22. The van der Waals surface area contributed by atoms with Crippen molar-refractivity contribution in [1.82, 2.24) is 4.90 Å². The number of carbonyl (C=O) groups is 4. The Bertz CT molecular complexity index is 1460. The van der Waals surface area contributed by atoms with Gasteiger partial charge in [-0.25, -0.2) is 4.99 Å². The molecule has 0 radical (unpaired) electrons. The molecule has 3 aromatic rings. The fraction of sp³-hybridized carbons (Fsp3) is 0.258. The molecule has 0 spiro atoms. The molecule has 1 fully saturated rings. The van der Waals surface area contributed by atoms with E-state index >= 15 is 0 Å². The minimum absolute atomic E-state index is 0.00881. The summed E-state index contributed by atoms with van der Waals surface area (Å²) in [4.78, 5) is 56.6. The van der Waals surface area contributed by atoms with Crippen molar-refractivity contribution in [3.05, 3.63) is 95.1 Å². The number of hydrogen-bond donors (Lipinski definition) is 1. The van der Waals surface area contributed by atoms with Gasteiger partial charge in [-0.15, -0.1) is 0 Å². The van der Waals surface area contributed by atoms with Gasteiger partial charge in [-0.1, -0.05) is 36.0 Å². The summed E-state index contributed by atoms with van der Waals surface area (Å²) in [5.41, 5.74) is 4.71. The van der Waals surface area contributed by atoms with Gasteiger partial charge in [0.15, 0.2) is 16.7 Å². The van der Waals surface area contributed by atoms with E-state index in [1.165, 1.54) is 31.2 Å². The maximum absolute atomic E-state index is 13.8. The van der Waals surface area contributed by atoms with Crippen molar-refractivity contribution >= 4 is 51.7 Å². The van der Waals surface area contributed by atoms with Gasteiger partial charge in [0.05, 0.1) is 11.7 Å². The second kappa shape index (κ2) is 11.4. The molecule has 1 aliphatic heterocycles. The van der Waals surface area contributed by atoms with Crippen LogP contribution in [0.25, 0.3) is 0 Å². The van der Waals surface area contributed by atoms with Crippen LogP contribution in [0, 0.1) is 0 Å². The summed E-state index contributed by atoms with van der Waals surface area (Å²) in [6, 6.07) is 21.7. The Kier molecular flexibility index (Phi) is 7.74. The number of thioether (sulfide) groups is 1. The standard InChI is InChI=1S/C31H29N3O4S/c1-19(35)21-10-14-24(15-11-21)32-29(37)18-28-30(38)34(27-9-5-7-23-6-3-4-8-26(23)27)31(39-28)33-25-16-12-22(13-17-25)20(2)36/h3-4,6,8,10-17,27-28H,5,7,9,18H2,1-2H3,(H,32,37)/t27-,28-/m0/s1. The molecule has 8 heteroatoms. The first-order valence-corrected chi connectivity index (χ1v) is 13.9. The highest BCUT2D eigenvalue weighted by Gasteiger charge is 2.44. The van der Waals surface area contributed by atoms with Crippen LogP contribution in [0.2, 0.25) is 0 Å². The minimum Gasteiger partial charge on any atom is -0.326 e. The van der Waals surface area contributed by atoms with Crippen molar-refractivity contribution in [3.63, 3.8) is 0 Å². The van der Waals surface area contributed by atoms with Gasteiger partial charge in [-0.05, 0) is 92.8 Å². The first-order chi connectivity index (χ1) is 18.8. The molecular formula is C31H29N3O4S. The lowest BCUT2D eigenvalue weighted by atomic mass is 9.87. The molecule has 39 heavy (non-hydrogen) atoms. The highest BCUT2D eigenvalue weighted by molar-refractivity contribution is 8.15. The van der Waals surface area contributed by atoms with Gasteiger partial charge < -0.3 is 5.32 Å². The van der Waals surface area contributed by atoms with Gasteiger partial charge >= 0.3 is 0 Å². The quantitative estimate of drug-likeness (QED) is 0.365. The molecule has 198 valence electrons. The number of carbonyl (C=O) groups excluding carboxylic acids is 4. The number of benzene rings is 3. The minimum atomic E-state index is -0.620. The van der Waals surface area contributed by atoms with Gasteiger partial charge in [-0.3, -0.25) is 24.1 Å². The molecule has 1 heterocycles. The Morgan fingerprint density at radius 1 is 0.923 bits per heavy atom. The Hall–Kier alpha value is -4.04. The van der Waals surface area contributed by atoms with Gasteiger partial charge in [0.1, 0.15) is 5.25 Å². The van der Waals surface area contributed by atoms with Crippen molar-refractivity contribution in [2.24, 2.45) is 4.99 Å². The highest BCUT2D eigenvalue weighted by atomic mass is 32.2. The van der Waals surface area contributed by atoms with Crippen LogP contribution in [0.5, 0.6) is 0 Å². The predicted molar refractivity (Wildman–Crippen MR) is 154 cm³/mol. The van der Waals surface area contributed by atoms with E-state index in [2.05, 4.69) is 17.4 Å². The number of hydrogen-bond acceptors (Lipinski definition) is 6. The topological polar surface area (TPSA) is 95.9 Å². The number of ketones is 2. The second-order valence-electron chi connectivity index (χ2n) is 9.80. The van der Waals surface area contributed by atoms with Crippen LogP contribution in [0.1, 0.15) is 71.0 Å². The number of fused-ring (bicyclic) bond motifs is 1. The van der Waals surface area contributed by atoms with Gasteiger partial charge in [-0.2, -0.15) is 0 Å². The third kappa shape index (κ3) is 5.86. The summed E-state index contributed by atoms with van der Waals surface area (Å²) in [7, 11) is 0. The van der Waals surface area contributed by atoms with Crippen molar-refractivity contribution in [3.8, 4) is 0 Å². The maximum atomic E-state index is 13.8. The molecule has 1 N–H and O–H groups in total. The zero-order valence-electron chi connectivity index (χ0n) is 21.8. The normalized spacial score (nSPS) is 19.6. The summed E-state index contributed by atoms with van der Waals surface area (Å²) in [5, 5.41) is 2.78. The fourth-order valence-electron chi connectivity index (χ4n) is 5.03. The van der Waals surface area contributed by atoms with Crippen LogP contribution in [-0.2, 0) is 16.0 Å². The molecule has 0 aromatic heterocycles. The molecule has 2 amide bonds. The Labute approximate surface area is 231 Å². The molecule has 1 saturated heterocycles. The number of Topliss-reactive ketones (excluding diaryl/α,β-unsaturated/α-hetero) is 2. The largest absolute Gasteiger partial charge is 0.326 e. The van der Waals surface area contributed by atoms with Crippen LogP contribution in [0.4, 0.5) is 11.4 Å². The van der Waals surface area contributed by atoms with E-state index in [9.17, 15) is 19.2 Å². The Morgan fingerprint density at radius 2 is 1.56 bits per heavy atom. The number of nitrogens with one attached hydrogen (secondary N) is 1. The summed E-state index contributed by atoms with van der Waals surface area (Å²) in [5.74, 6) is -0.495. The molecule has 0 unspecified atom stereocenters. The molecule has 0 bridgehead atoms. The molecule has 5 rings (SSSR count). The zero-order chi connectivity index (χ0) is 27.5. The van der Waals surface area contributed by atoms with Crippen molar-refractivity contribution < 1.29 is 19.2 Å². The third-order valence-corrected chi connectivity index (χ3v) is 8.21. The Morgan fingerprint density at radius 3 is 2.23 bits per heavy atom. The first-order valence-electron chi connectivity index (χ1n) is 13.0. The summed E-state index contributed by atoms with van der Waals surface area (Å²) in [6.45, 7) is 3.01. The lowest BCUT2D eigenvalue weighted by Crippen LogP contribution is -2.38. The molecule has 3 aromatic carbocycles.